The molecule has 5 nitrogen and oxygen atoms in total. The van der Waals surface area contributed by atoms with Crippen LogP contribution in [0.4, 0.5) is 0 Å². The van der Waals surface area contributed by atoms with Gasteiger partial charge in [-0.3, -0.25) is 9.59 Å². The molecule has 0 saturated heterocycles. The summed E-state index contributed by atoms with van der Waals surface area (Å²) in [5.41, 5.74) is 0.410. The minimum atomic E-state index is -0.960. The van der Waals surface area contributed by atoms with Crippen LogP contribution in [0.15, 0.2) is 24.3 Å². The molecule has 2 N–H and O–H groups in total. The van der Waals surface area contributed by atoms with Gasteiger partial charge in [0.2, 0.25) is 0 Å². The number of amides is 1. The molecule has 0 aliphatic carbocycles. The van der Waals surface area contributed by atoms with Crippen LogP contribution >= 0.6 is 11.6 Å². The molecule has 0 bridgehead atoms. The molecule has 110 valence electrons. The monoisotopic (exact) mass is 299 g/mol. The third-order valence-corrected chi connectivity index (χ3v) is 3.10. The second-order valence-corrected chi connectivity index (χ2v) is 5.01. The van der Waals surface area contributed by atoms with Crippen LogP contribution < -0.4 is 0 Å². The van der Waals surface area contributed by atoms with Gasteiger partial charge in [-0.15, -0.1) is 0 Å². The lowest BCUT2D eigenvalue weighted by Crippen LogP contribution is -2.38. The van der Waals surface area contributed by atoms with Crippen LogP contribution in [0.25, 0.3) is 0 Å². The summed E-state index contributed by atoms with van der Waals surface area (Å²) >= 11 is 5.85. The van der Waals surface area contributed by atoms with Gasteiger partial charge in [-0.25, -0.2) is 0 Å². The first kappa shape index (κ1) is 16.5. The topological polar surface area (TPSA) is 77.8 Å². The molecule has 0 aliphatic rings. The van der Waals surface area contributed by atoms with E-state index < -0.39 is 11.9 Å². The predicted octanol–water partition coefficient (Wildman–Crippen LogP) is 1.89. The van der Waals surface area contributed by atoms with Crippen molar-refractivity contribution in [2.24, 2.45) is 5.92 Å². The second kappa shape index (κ2) is 7.87. The van der Waals surface area contributed by atoms with Crippen molar-refractivity contribution in [1.29, 1.82) is 0 Å². The van der Waals surface area contributed by atoms with Gasteiger partial charge in [0, 0.05) is 30.3 Å². The van der Waals surface area contributed by atoms with Gasteiger partial charge in [-0.05, 0) is 24.6 Å². The number of hydrogen-bond acceptors (Lipinski definition) is 3. The van der Waals surface area contributed by atoms with E-state index in [1.165, 1.54) is 4.90 Å². The highest BCUT2D eigenvalue weighted by Gasteiger charge is 2.21. The number of aliphatic hydroxyl groups excluding tert-OH is 1. The van der Waals surface area contributed by atoms with E-state index in [0.717, 1.165) is 0 Å². The summed E-state index contributed by atoms with van der Waals surface area (Å²) in [4.78, 5) is 24.7. The van der Waals surface area contributed by atoms with E-state index in [1.54, 1.807) is 31.2 Å². The maximum atomic E-state index is 12.4. The van der Waals surface area contributed by atoms with Crippen LogP contribution in [0.5, 0.6) is 0 Å². The Morgan fingerprint density at radius 2 is 2.10 bits per heavy atom. The Morgan fingerprint density at radius 3 is 2.65 bits per heavy atom. The smallest absolute Gasteiger partial charge is 0.308 e. The lowest BCUT2D eigenvalue weighted by Gasteiger charge is -2.24. The fourth-order valence-electron chi connectivity index (χ4n) is 1.75. The maximum absolute atomic E-state index is 12.4. The number of halogens is 1. The van der Waals surface area contributed by atoms with Crippen molar-refractivity contribution in [1.82, 2.24) is 4.90 Å². The molecule has 1 unspecified atom stereocenters. The van der Waals surface area contributed by atoms with E-state index in [0.29, 0.717) is 23.6 Å². The van der Waals surface area contributed by atoms with E-state index >= 15 is 0 Å². The van der Waals surface area contributed by atoms with Crippen LogP contribution in [0, 0.1) is 5.92 Å². The Kier molecular flexibility index (Phi) is 6.48. The van der Waals surface area contributed by atoms with Gasteiger partial charge in [0.25, 0.3) is 5.91 Å². The number of aliphatic hydroxyl groups is 1. The lowest BCUT2D eigenvalue weighted by atomic mass is 10.1. The molecule has 0 heterocycles. The number of carbonyl (C=O) groups excluding carboxylic acids is 1. The summed E-state index contributed by atoms with van der Waals surface area (Å²) in [5, 5.41) is 18.3. The fourth-order valence-corrected chi connectivity index (χ4v) is 1.94. The number of carbonyl (C=O) groups is 2. The molecule has 0 spiro atoms. The van der Waals surface area contributed by atoms with E-state index in [9.17, 15) is 9.59 Å². The third kappa shape index (κ3) is 4.83. The Hall–Kier alpha value is -1.59. The zero-order valence-electron chi connectivity index (χ0n) is 11.3. The summed E-state index contributed by atoms with van der Waals surface area (Å²) in [6.45, 7) is 1.89. The van der Waals surface area contributed by atoms with Crippen LogP contribution in [0.2, 0.25) is 5.02 Å². The molecule has 0 aromatic heterocycles. The molecule has 0 fully saturated rings. The zero-order chi connectivity index (χ0) is 15.1. The van der Waals surface area contributed by atoms with E-state index in [4.69, 9.17) is 21.8 Å². The van der Waals surface area contributed by atoms with E-state index in [1.807, 2.05) is 0 Å². The van der Waals surface area contributed by atoms with Crippen molar-refractivity contribution in [3.63, 3.8) is 0 Å². The summed E-state index contributed by atoms with van der Waals surface area (Å²) in [6, 6.07) is 6.50. The van der Waals surface area contributed by atoms with Crippen molar-refractivity contribution < 1.29 is 19.8 Å². The number of nitrogens with zero attached hydrogens (tertiary/aromatic N) is 1. The van der Waals surface area contributed by atoms with Gasteiger partial charge in [-0.2, -0.15) is 0 Å². The average Bonchev–Trinajstić information content (AvgIpc) is 2.42. The molecular formula is C14H18ClNO4. The van der Waals surface area contributed by atoms with Gasteiger partial charge in [-0.1, -0.05) is 24.6 Å². The molecule has 1 amide bonds. The highest BCUT2D eigenvalue weighted by molar-refractivity contribution is 6.30. The lowest BCUT2D eigenvalue weighted by molar-refractivity contribution is -0.141. The molecule has 1 atom stereocenters. The number of rotatable bonds is 7. The molecule has 1 rings (SSSR count). The summed E-state index contributed by atoms with van der Waals surface area (Å²) in [5.74, 6) is -1.91. The highest BCUT2D eigenvalue weighted by atomic mass is 35.5. The largest absolute Gasteiger partial charge is 0.481 e. The molecule has 0 radical (unpaired) electrons. The van der Waals surface area contributed by atoms with Gasteiger partial charge in [0.1, 0.15) is 0 Å². The van der Waals surface area contributed by atoms with Gasteiger partial charge < -0.3 is 15.1 Å². The first-order valence-electron chi connectivity index (χ1n) is 6.34. The van der Waals surface area contributed by atoms with Crippen molar-refractivity contribution in [3.8, 4) is 0 Å². The Labute approximate surface area is 122 Å². The van der Waals surface area contributed by atoms with Crippen LogP contribution in [-0.4, -0.2) is 46.7 Å². The fraction of sp³-hybridized carbons (Fsp3) is 0.429. The Bertz CT molecular complexity index is 478. The van der Waals surface area contributed by atoms with E-state index in [-0.39, 0.29) is 19.1 Å². The van der Waals surface area contributed by atoms with Crippen molar-refractivity contribution in [2.45, 2.75) is 13.3 Å². The van der Waals surface area contributed by atoms with Crippen molar-refractivity contribution in [2.75, 3.05) is 19.7 Å². The Morgan fingerprint density at radius 1 is 1.40 bits per heavy atom. The van der Waals surface area contributed by atoms with E-state index in [2.05, 4.69) is 0 Å². The van der Waals surface area contributed by atoms with Crippen LogP contribution in [-0.2, 0) is 4.79 Å². The minimum absolute atomic E-state index is 0.0548. The summed E-state index contributed by atoms with van der Waals surface area (Å²) < 4.78 is 0. The molecule has 0 saturated carbocycles. The third-order valence-electron chi connectivity index (χ3n) is 2.86. The normalized spacial score (nSPS) is 11.9. The summed E-state index contributed by atoms with van der Waals surface area (Å²) in [7, 11) is 0. The quantitative estimate of drug-likeness (QED) is 0.806. The second-order valence-electron chi connectivity index (χ2n) is 4.58. The SMILES string of the molecule is CC(CN(CCCO)C(=O)c1cccc(Cl)c1)C(=O)O. The number of aliphatic carboxylic acids is 1. The molecule has 0 aliphatic heterocycles. The van der Waals surface area contributed by atoms with Crippen molar-refractivity contribution in [3.05, 3.63) is 34.9 Å². The van der Waals surface area contributed by atoms with Gasteiger partial charge in [0.15, 0.2) is 0 Å². The number of benzene rings is 1. The standard InChI is InChI=1S/C14H18ClNO4/c1-10(14(19)20)9-16(6-3-7-17)13(18)11-4-2-5-12(15)8-11/h2,4-5,8,10,17H,3,6-7,9H2,1H3,(H,19,20). The minimum Gasteiger partial charge on any atom is -0.481 e. The van der Waals surface area contributed by atoms with Crippen LogP contribution in [0.3, 0.4) is 0 Å². The zero-order valence-corrected chi connectivity index (χ0v) is 12.0. The Balaban J connectivity index is 2.86. The molecular weight excluding hydrogens is 282 g/mol. The van der Waals surface area contributed by atoms with Crippen LogP contribution in [0.1, 0.15) is 23.7 Å². The molecule has 20 heavy (non-hydrogen) atoms. The number of hydrogen-bond donors (Lipinski definition) is 2. The maximum Gasteiger partial charge on any atom is 0.308 e. The summed E-state index contributed by atoms with van der Waals surface area (Å²) in [6.07, 6.45) is 0.401. The van der Waals surface area contributed by atoms with Crippen molar-refractivity contribution >= 4 is 23.5 Å². The highest BCUT2D eigenvalue weighted by Crippen LogP contribution is 2.14. The predicted molar refractivity (Wildman–Crippen MR) is 75.9 cm³/mol. The molecule has 1 aromatic carbocycles. The first-order valence-corrected chi connectivity index (χ1v) is 6.72. The molecule has 6 heteroatoms. The molecule has 1 aromatic rings. The number of carboxylic acid groups (broad SMARTS) is 1. The average molecular weight is 300 g/mol. The first-order chi connectivity index (χ1) is 9.45. The number of carboxylic acids is 1. The van der Waals surface area contributed by atoms with Gasteiger partial charge in [0.05, 0.1) is 5.92 Å². The van der Waals surface area contributed by atoms with Gasteiger partial charge >= 0.3 is 5.97 Å².